The highest BCUT2D eigenvalue weighted by molar-refractivity contribution is 5.73. The number of ether oxygens (including phenoxy) is 1. The fraction of sp³-hybridized carbons (Fsp3) is 0.133. The van der Waals surface area contributed by atoms with Crippen molar-refractivity contribution in [2.45, 2.75) is 13.2 Å². The second kappa shape index (κ2) is 5.12. The van der Waals surface area contributed by atoms with Crippen LogP contribution in [0.3, 0.4) is 0 Å². The molecule has 0 fully saturated rings. The normalized spacial score (nSPS) is 10.8. The number of nitrogens with two attached hydrogens (primary N) is 1. The largest absolute Gasteiger partial charge is 0.489 e. The standard InChI is InChI=1S/C15H14N2O2/c16-8-11-1-3-12(4-2-11)9-18-13-5-6-15-14(7-13)17-10-19-15/h1-7,10H,8-9,16H2. The van der Waals surface area contributed by atoms with Gasteiger partial charge in [-0.2, -0.15) is 0 Å². The van der Waals surface area contributed by atoms with Gasteiger partial charge in [-0.15, -0.1) is 0 Å². The van der Waals surface area contributed by atoms with Crippen LogP contribution < -0.4 is 10.5 Å². The van der Waals surface area contributed by atoms with E-state index in [4.69, 9.17) is 14.9 Å². The fourth-order valence-corrected chi connectivity index (χ4v) is 1.87. The van der Waals surface area contributed by atoms with Crippen molar-refractivity contribution in [3.8, 4) is 5.75 Å². The quantitative estimate of drug-likeness (QED) is 0.777. The molecule has 0 unspecified atom stereocenters. The van der Waals surface area contributed by atoms with Gasteiger partial charge in [-0.05, 0) is 23.3 Å². The maximum Gasteiger partial charge on any atom is 0.181 e. The molecule has 0 radical (unpaired) electrons. The SMILES string of the molecule is NCc1ccc(COc2ccc3ocnc3c2)cc1. The Labute approximate surface area is 110 Å². The molecule has 0 aliphatic heterocycles. The van der Waals surface area contributed by atoms with Crippen molar-refractivity contribution in [3.63, 3.8) is 0 Å². The lowest BCUT2D eigenvalue weighted by Gasteiger charge is -2.06. The highest BCUT2D eigenvalue weighted by atomic mass is 16.5. The highest BCUT2D eigenvalue weighted by Gasteiger charge is 2.01. The summed E-state index contributed by atoms with van der Waals surface area (Å²) in [7, 11) is 0. The number of aromatic nitrogens is 1. The zero-order chi connectivity index (χ0) is 13.1. The Morgan fingerprint density at radius 2 is 1.84 bits per heavy atom. The third-order valence-electron chi connectivity index (χ3n) is 2.97. The number of fused-ring (bicyclic) bond motifs is 1. The first-order valence-corrected chi connectivity index (χ1v) is 6.09. The van der Waals surface area contributed by atoms with E-state index in [1.165, 1.54) is 6.39 Å². The fourth-order valence-electron chi connectivity index (χ4n) is 1.87. The van der Waals surface area contributed by atoms with Crippen LogP contribution in [-0.4, -0.2) is 4.98 Å². The van der Waals surface area contributed by atoms with Gasteiger partial charge in [0, 0.05) is 12.6 Å². The summed E-state index contributed by atoms with van der Waals surface area (Å²) in [5, 5.41) is 0. The zero-order valence-electron chi connectivity index (χ0n) is 10.4. The van der Waals surface area contributed by atoms with Crippen LogP contribution in [-0.2, 0) is 13.2 Å². The van der Waals surface area contributed by atoms with E-state index in [9.17, 15) is 0 Å². The number of hydrogen-bond donors (Lipinski definition) is 1. The third kappa shape index (κ3) is 2.58. The molecule has 0 saturated heterocycles. The highest BCUT2D eigenvalue weighted by Crippen LogP contribution is 2.20. The van der Waals surface area contributed by atoms with Crippen molar-refractivity contribution in [2.75, 3.05) is 0 Å². The smallest absolute Gasteiger partial charge is 0.181 e. The monoisotopic (exact) mass is 254 g/mol. The molecule has 0 spiro atoms. The first kappa shape index (κ1) is 11.7. The number of nitrogens with zero attached hydrogens (tertiary/aromatic N) is 1. The van der Waals surface area contributed by atoms with Crippen molar-refractivity contribution in [1.29, 1.82) is 0 Å². The molecule has 0 aliphatic carbocycles. The van der Waals surface area contributed by atoms with Crippen LogP contribution in [0.4, 0.5) is 0 Å². The Morgan fingerprint density at radius 1 is 1.05 bits per heavy atom. The number of rotatable bonds is 4. The molecule has 0 amide bonds. The zero-order valence-corrected chi connectivity index (χ0v) is 10.4. The van der Waals surface area contributed by atoms with Crippen molar-refractivity contribution < 1.29 is 9.15 Å². The van der Waals surface area contributed by atoms with Crippen molar-refractivity contribution in [2.24, 2.45) is 5.73 Å². The van der Waals surface area contributed by atoms with Crippen LogP contribution in [0.5, 0.6) is 5.75 Å². The summed E-state index contributed by atoms with van der Waals surface area (Å²) < 4.78 is 10.9. The summed E-state index contributed by atoms with van der Waals surface area (Å²) in [6, 6.07) is 13.7. The topological polar surface area (TPSA) is 61.3 Å². The minimum atomic E-state index is 0.522. The van der Waals surface area contributed by atoms with Crippen molar-refractivity contribution in [3.05, 3.63) is 60.0 Å². The van der Waals surface area contributed by atoms with Crippen LogP contribution >= 0.6 is 0 Å². The Kier molecular flexibility index (Phi) is 3.16. The van der Waals surface area contributed by atoms with E-state index in [0.717, 1.165) is 28.0 Å². The molecule has 1 heterocycles. The second-order valence-corrected chi connectivity index (χ2v) is 4.29. The van der Waals surface area contributed by atoms with Crippen LogP contribution in [0.1, 0.15) is 11.1 Å². The predicted molar refractivity (Wildman–Crippen MR) is 72.7 cm³/mol. The average Bonchev–Trinajstić information content (AvgIpc) is 2.93. The van der Waals surface area contributed by atoms with Gasteiger partial charge in [-0.3, -0.25) is 0 Å². The molecule has 3 aromatic rings. The second-order valence-electron chi connectivity index (χ2n) is 4.29. The molecule has 2 N–H and O–H groups in total. The van der Waals surface area contributed by atoms with E-state index in [-0.39, 0.29) is 0 Å². The third-order valence-corrected chi connectivity index (χ3v) is 2.97. The van der Waals surface area contributed by atoms with E-state index in [0.29, 0.717) is 13.2 Å². The van der Waals surface area contributed by atoms with E-state index in [1.54, 1.807) is 0 Å². The summed E-state index contributed by atoms with van der Waals surface area (Å²) >= 11 is 0. The minimum absolute atomic E-state index is 0.522. The average molecular weight is 254 g/mol. The van der Waals surface area contributed by atoms with Gasteiger partial charge in [0.25, 0.3) is 0 Å². The van der Waals surface area contributed by atoms with Gasteiger partial charge in [-0.1, -0.05) is 24.3 Å². The van der Waals surface area contributed by atoms with E-state index >= 15 is 0 Å². The van der Waals surface area contributed by atoms with E-state index in [2.05, 4.69) is 4.98 Å². The molecule has 0 aliphatic rings. The maximum absolute atomic E-state index is 5.73. The molecular formula is C15H14N2O2. The van der Waals surface area contributed by atoms with Crippen molar-refractivity contribution in [1.82, 2.24) is 4.98 Å². The molecule has 0 saturated carbocycles. The molecule has 96 valence electrons. The lowest BCUT2D eigenvalue weighted by molar-refractivity contribution is 0.306. The summed E-state index contributed by atoms with van der Waals surface area (Å²) in [6.07, 6.45) is 1.43. The minimum Gasteiger partial charge on any atom is -0.489 e. The number of benzene rings is 2. The number of oxazole rings is 1. The summed E-state index contributed by atoms with van der Waals surface area (Å²) in [5.41, 5.74) is 9.35. The van der Waals surface area contributed by atoms with E-state index < -0.39 is 0 Å². The molecule has 3 rings (SSSR count). The Morgan fingerprint density at radius 3 is 2.63 bits per heavy atom. The first-order chi connectivity index (χ1) is 9.35. The molecule has 2 aromatic carbocycles. The van der Waals surface area contributed by atoms with Crippen LogP contribution in [0.15, 0.2) is 53.3 Å². The van der Waals surface area contributed by atoms with Gasteiger partial charge in [0.15, 0.2) is 12.0 Å². The Bertz CT molecular complexity index is 674. The predicted octanol–water partition coefficient (Wildman–Crippen LogP) is 2.87. The summed E-state index contributed by atoms with van der Waals surface area (Å²) in [6.45, 7) is 1.08. The molecule has 1 aromatic heterocycles. The summed E-state index contributed by atoms with van der Waals surface area (Å²) in [5.74, 6) is 0.782. The maximum atomic E-state index is 5.73. The van der Waals surface area contributed by atoms with Gasteiger partial charge in [0.2, 0.25) is 0 Å². The van der Waals surface area contributed by atoms with Crippen LogP contribution in [0, 0.1) is 0 Å². The van der Waals surface area contributed by atoms with Crippen molar-refractivity contribution >= 4 is 11.1 Å². The molecule has 0 atom stereocenters. The number of hydrogen-bond acceptors (Lipinski definition) is 4. The van der Waals surface area contributed by atoms with Gasteiger partial charge in [-0.25, -0.2) is 4.98 Å². The van der Waals surface area contributed by atoms with E-state index in [1.807, 2.05) is 42.5 Å². The molecule has 19 heavy (non-hydrogen) atoms. The van der Waals surface area contributed by atoms with Gasteiger partial charge in [0.1, 0.15) is 17.9 Å². The van der Waals surface area contributed by atoms with Crippen LogP contribution in [0.2, 0.25) is 0 Å². The Hall–Kier alpha value is -2.33. The first-order valence-electron chi connectivity index (χ1n) is 6.09. The molecular weight excluding hydrogens is 240 g/mol. The molecule has 4 nitrogen and oxygen atoms in total. The molecule has 0 bridgehead atoms. The van der Waals surface area contributed by atoms with Gasteiger partial charge >= 0.3 is 0 Å². The van der Waals surface area contributed by atoms with Crippen LogP contribution in [0.25, 0.3) is 11.1 Å². The molecule has 4 heteroatoms. The lowest BCUT2D eigenvalue weighted by atomic mass is 10.1. The summed E-state index contributed by atoms with van der Waals surface area (Å²) in [4.78, 5) is 4.10. The Balaban J connectivity index is 1.70. The van der Waals surface area contributed by atoms with Gasteiger partial charge in [0.05, 0.1) is 0 Å². The van der Waals surface area contributed by atoms with Gasteiger partial charge < -0.3 is 14.9 Å². The lowest BCUT2D eigenvalue weighted by Crippen LogP contribution is -1.98.